The van der Waals surface area contributed by atoms with Gasteiger partial charge in [-0.1, -0.05) is 30.3 Å². The van der Waals surface area contributed by atoms with Gasteiger partial charge >= 0.3 is 0 Å². The van der Waals surface area contributed by atoms with Crippen molar-refractivity contribution >= 4 is 5.78 Å². The number of allylic oxidation sites excluding steroid dienone is 1. The standard InChI is InChI=1S/C18H21NO/c20-17-9-8-14-6-7-15-11-19(12-16(15)18(14)17)10-13-4-2-1-3-5-13/h1-5,14-15H,6-12H2/t14-,15+/m1/s1. The molecule has 0 unspecified atom stereocenters. The molecule has 2 heteroatoms. The van der Waals surface area contributed by atoms with Gasteiger partial charge in [0.2, 0.25) is 0 Å². The molecule has 2 nitrogen and oxygen atoms in total. The van der Waals surface area contributed by atoms with Crippen LogP contribution in [0.1, 0.15) is 31.2 Å². The van der Waals surface area contributed by atoms with Crippen LogP contribution < -0.4 is 0 Å². The van der Waals surface area contributed by atoms with Crippen molar-refractivity contribution in [3.05, 3.63) is 47.0 Å². The second-order valence-electron chi connectivity index (χ2n) is 6.53. The highest BCUT2D eigenvalue weighted by atomic mass is 16.1. The minimum Gasteiger partial charge on any atom is -0.295 e. The highest BCUT2D eigenvalue weighted by Crippen LogP contribution is 2.45. The van der Waals surface area contributed by atoms with E-state index in [0.717, 1.165) is 32.5 Å². The van der Waals surface area contributed by atoms with Gasteiger partial charge in [0.15, 0.2) is 5.78 Å². The second-order valence-corrected chi connectivity index (χ2v) is 6.53. The molecule has 2 atom stereocenters. The third-order valence-corrected chi connectivity index (χ3v) is 5.25. The molecule has 0 spiro atoms. The van der Waals surface area contributed by atoms with Crippen LogP contribution in [0, 0.1) is 11.8 Å². The van der Waals surface area contributed by atoms with E-state index in [1.165, 1.54) is 29.6 Å². The molecule has 0 aromatic heterocycles. The summed E-state index contributed by atoms with van der Waals surface area (Å²) in [7, 11) is 0. The molecule has 0 amide bonds. The highest BCUT2D eigenvalue weighted by Gasteiger charge is 2.40. The number of ketones is 1. The average Bonchev–Trinajstić information content (AvgIpc) is 3.03. The van der Waals surface area contributed by atoms with E-state index in [-0.39, 0.29) is 0 Å². The van der Waals surface area contributed by atoms with E-state index < -0.39 is 0 Å². The molecule has 2 fully saturated rings. The number of hydrogen-bond donors (Lipinski definition) is 0. The van der Waals surface area contributed by atoms with E-state index in [1.807, 2.05) is 0 Å². The zero-order chi connectivity index (χ0) is 13.5. The van der Waals surface area contributed by atoms with Crippen LogP contribution in [0.25, 0.3) is 0 Å². The Morgan fingerprint density at radius 3 is 2.70 bits per heavy atom. The monoisotopic (exact) mass is 267 g/mol. The van der Waals surface area contributed by atoms with Crippen molar-refractivity contribution in [1.82, 2.24) is 4.90 Å². The van der Waals surface area contributed by atoms with Gasteiger partial charge in [0.25, 0.3) is 0 Å². The molecular weight excluding hydrogens is 246 g/mol. The maximum Gasteiger partial charge on any atom is 0.159 e. The number of fused-ring (bicyclic) bond motifs is 2. The van der Waals surface area contributed by atoms with E-state index in [9.17, 15) is 4.79 Å². The number of carbonyl (C=O) groups is 1. The Morgan fingerprint density at radius 2 is 1.85 bits per heavy atom. The first-order valence-corrected chi connectivity index (χ1v) is 7.83. The van der Waals surface area contributed by atoms with E-state index in [0.29, 0.717) is 17.6 Å². The Kier molecular flexibility index (Phi) is 2.99. The van der Waals surface area contributed by atoms with E-state index in [1.54, 1.807) is 0 Å². The van der Waals surface area contributed by atoms with Crippen molar-refractivity contribution in [2.45, 2.75) is 32.2 Å². The van der Waals surface area contributed by atoms with E-state index in [2.05, 4.69) is 35.2 Å². The molecule has 3 aliphatic rings. The third kappa shape index (κ3) is 2.03. The Hall–Kier alpha value is -1.41. The normalized spacial score (nSPS) is 29.7. The summed E-state index contributed by atoms with van der Waals surface area (Å²) in [5.41, 5.74) is 4.13. The van der Waals surface area contributed by atoms with Crippen molar-refractivity contribution < 1.29 is 4.79 Å². The number of Topliss-reactive ketones (excluding diaryl/α,β-unsaturated/α-hetero) is 1. The van der Waals surface area contributed by atoms with Gasteiger partial charge in [0.1, 0.15) is 0 Å². The van der Waals surface area contributed by atoms with E-state index >= 15 is 0 Å². The molecule has 104 valence electrons. The summed E-state index contributed by atoms with van der Waals surface area (Å²) in [6, 6.07) is 10.7. The lowest BCUT2D eigenvalue weighted by Crippen LogP contribution is -2.20. The fourth-order valence-corrected chi connectivity index (χ4v) is 4.33. The van der Waals surface area contributed by atoms with E-state index in [4.69, 9.17) is 0 Å². The quantitative estimate of drug-likeness (QED) is 0.820. The Morgan fingerprint density at radius 1 is 1.05 bits per heavy atom. The van der Waals surface area contributed by atoms with Gasteiger partial charge in [0, 0.05) is 26.1 Å². The SMILES string of the molecule is O=C1CC[C@H]2CC[C@H]3CN(Cc4ccccc4)CC3=C12. The van der Waals surface area contributed by atoms with Crippen LogP contribution in [-0.4, -0.2) is 23.8 Å². The van der Waals surface area contributed by atoms with Crippen molar-refractivity contribution in [2.75, 3.05) is 13.1 Å². The summed E-state index contributed by atoms with van der Waals surface area (Å²) in [6.07, 6.45) is 4.45. The minimum absolute atomic E-state index is 0.455. The second kappa shape index (κ2) is 4.85. The predicted molar refractivity (Wildman–Crippen MR) is 79.2 cm³/mol. The summed E-state index contributed by atoms with van der Waals surface area (Å²) < 4.78 is 0. The lowest BCUT2D eigenvalue weighted by atomic mass is 9.79. The first-order chi connectivity index (χ1) is 9.81. The van der Waals surface area contributed by atoms with Crippen molar-refractivity contribution in [2.24, 2.45) is 11.8 Å². The van der Waals surface area contributed by atoms with Crippen LogP contribution in [-0.2, 0) is 11.3 Å². The van der Waals surface area contributed by atoms with Crippen molar-refractivity contribution in [3.8, 4) is 0 Å². The molecule has 0 bridgehead atoms. The van der Waals surface area contributed by atoms with Crippen molar-refractivity contribution in [3.63, 3.8) is 0 Å². The highest BCUT2D eigenvalue weighted by molar-refractivity contribution is 5.99. The number of hydrogen-bond acceptors (Lipinski definition) is 2. The van der Waals surface area contributed by atoms with Crippen LogP contribution in [0.15, 0.2) is 41.5 Å². The summed E-state index contributed by atoms with van der Waals surface area (Å²) in [5.74, 6) is 1.72. The van der Waals surface area contributed by atoms with Crippen LogP contribution in [0.4, 0.5) is 0 Å². The average molecular weight is 267 g/mol. The van der Waals surface area contributed by atoms with Gasteiger partial charge in [-0.05, 0) is 47.8 Å². The smallest absolute Gasteiger partial charge is 0.159 e. The maximum absolute atomic E-state index is 12.1. The summed E-state index contributed by atoms with van der Waals surface area (Å²) >= 11 is 0. The topological polar surface area (TPSA) is 20.3 Å². The molecule has 1 saturated carbocycles. The van der Waals surface area contributed by atoms with Crippen LogP contribution in [0.5, 0.6) is 0 Å². The lowest BCUT2D eigenvalue weighted by Gasteiger charge is -2.24. The number of carbonyl (C=O) groups excluding carboxylic acids is 1. The van der Waals surface area contributed by atoms with Gasteiger partial charge < -0.3 is 0 Å². The Labute approximate surface area is 120 Å². The molecule has 4 rings (SSSR count). The third-order valence-electron chi connectivity index (χ3n) is 5.25. The first kappa shape index (κ1) is 12.3. The molecule has 20 heavy (non-hydrogen) atoms. The minimum atomic E-state index is 0.455. The predicted octanol–water partition coefficient (Wildman–Crippen LogP) is 3.19. The fourth-order valence-electron chi connectivity index (χ4n) is 4.33. The summed E-state index contributed by atoms with van der Waals surface area (Å²) in [6.45, 7) is 3.19. The van der Waals surface area contributed by atoms with Gasteiger partial charge in [-0.15, -0.1) is 0 Å². The van der Waals surface area contributed by atoms with Crippen LogP contribution >= 0.6 is 0 Å². The zero-order valence-electron chi connectivity index (χ0n) is 11.8. The Bertz CT molecular complexity index is 560. The zero-order valence-corrected chi connectivity index (χ0v) is 11.8. The fraction of sp³-hybridized carbons (Fsp3) is 0.500. The number of likely N-dealkylation sites (tertiary alicyclic amines) is 1. The lowest BCUT2D eigenvalue weighted by molar-refractivity contribution is -0.114. The molecule has 1 aromatic carbocycles. The molecule has 0 radical (unpaired) electrons. The number of rotatable bonds is 2. The molecule has 1 aliphatic heterocycles. The van der Waals surface area contributed by atoms with Crippen LogP contribution in [0.2, 0.25) is 0 Å². The van der Waals surface area contributed by atoms with Gasteiger partial charge in [0.05, 0.1) is 0 Å². The molecular formula is C18H21NO. The van der Waals surface area contributed by atoms with Gasteiger partial charge in [-0.25, -0.2) is 0 Å². The first-order valence-electron chi connectivity index (χ1n) is 7.83. The Balaban J connectivity index is 1.56. The van der Waals surface area contributed by atoms with Crippen molar-refractivity contribution in [1.29, 1.82) is 0 Å². The summed E-state index contributed by atoms with van der Waals surface area (Å²) in [5, 5.41) is 0. The van der Waals surface area contributed by atoms with Gasteiger partial charge in [-0.2, -0.15) is 0 Å². The largest absolute Gasteiger partial charge is 0.295 e. The summed E-state index contributed by atoms with van der Waals surface area (Å²) in [4.78, 5) is 14.7. The number of benzene rings is 1. The molecule has 0 N–H and O–H groups in total. The molecule has 1 saturated heterocycles. The van der Waals surface area contributed by atoms with Gasteiger partial charge in [-0.3, -0.25) is 9.69 Å². The maximum atomic E-state index is 12.1. The molecule has 2 aliphatic carbocycles. The van der Waals surface area contributed by atoms with Crippen LogP contribution in [0.3, 0.4) is 0 Å². The molecule has 1 heterocycles. The number of nitrogens with zero attached hydrogens (tertiary/aromatic N) is 1. The molecule has 1 aromatic rings.